The summed E-state index contributed by atoms with van der Waals surface area (Å²) in [5.41, 5.74) is 5.46. The van der Waals surface area contributed by atoms with Gasteiger partial charge in [-0.15, -0.1) is 0 Å². The molecule has 2 rings (SSSR count). The maximum Gasteiger partial charge on any atom is 0.220 e. The first kappa shape index (κ1) is 17.0. The number of aromatic nitrogens is 3. The van der Waals surface area contributed by atoms with E-state index in [0.717, 1.165) is 29.1 Å². The number of nitrogens with zero attached hydrogens (tertiary/aromatic N) is 3. The van der Waals surface area contributed by atoms with Crippen LogP contribution in [0.15, 0.2) is 18.5 Å². The highest BCUT2D eigenvalue weighted by molar-refractivity contribution is 5.76. The van der Waals surface area contributed by atoms with Gasteiger partial charge >= 0.3 is 0 Å². The van der Waals surface area contributed by atoms with Gasteiger partial charge in [-0.1, -0.05) is 0 Å². The van der Waals surface area contributed by atoms with Crippen molar-refractivity contribution in [3.05, 3.63) is 41.0 Å². The van der Waals surface area contributed by atoms with E-state index in [4.69, 9.17) is 0 Å². The van der Waals surface area contributed by atoms with Gasteiger partial charge in [0.25, 0.3) is 0 Å². The van der Waals surface area contributed by atoms with Gasteiger partial charge in [0.2, 0.25) is 5.91 Å². The fourth-order valence-corrected chi connectivity index (χ4v) is 2.58. The summed E-state index contributed by atoms with van der Waals surface area (Å²) < 4.78 is 1.86. The lowest BCUT2D eigenvalue weighted by molar-refractivity contribution is -0.120. The first-order valence-corrected chi connectivity index (χ1v) is 7.89. The zero-order valence-corrected chi connectivity index (χ0v) is 14.3. The van der Waals surface area contributed by atoms with Crippen LogP contribution in [-0.4, -0.2) is 33.8 Å². The lowest BCUT2D eigenvalue weighted by Gasteiger charge is -2.10. The van der Waals surface area contributed by atoms with Gasteiger partial charge in [0, 0.05) is 50.3 Å². The summed E-state index contributed by atoms with van der Waals surface area (Å²) in [4.78, 5) is 16.0. The fraction of sp³-hybridized carbons (Fsp3) is 0.471. The third kappa shape index (κ3) is 4.55. The summed E-state index contributed by atoms with van der Waals surface area (Å²) in [5, 5.41) is 10.6. The number of anilines is 1. The van der Waals surface area contributed by atoms with Crippen molar-refractivity contribution in [1.29, 1.82) is 0 Å². The maximum atomic E-state index is 11.9. The van der Waals surface area contributed by atoms with Crippen LogP contribution < -0.4 is 10.6 Å². The Morgan fingerprint density at radius 2 is 2.04 bits per heavy atom. The van der Waals surface area contributed by atoms with Crippen molar-refractivity contribution in [3.8, 4) is 0 Å². The van der Waals surface area contributed by atoms with Crippen LogP contribution in [0.5, 0.6) is 0 Å². The van der Waals surface area contributed by atoms with E-state index in [9.17, 15) is 4.79 Å². The van der Waals surface area contributed by atoms with E-state index >= 15 is 0 Å². The molecule has 124 valence electrons. The predicted octanol–water partition coefficient (Wildman–Crippen LogP) is 1.90. The molecule has 1 amide bonds. The first-order chi connectivity index (χ1) is 11.0. The van der Waals surface area contributed by atoms with E-state index in [1.165, 1.54) is 5.56 Å². The minimum Gasteiger partial charge on any atom is -0.383 e. The van der Waals surface area contributed by atoms with Crippen LogP contribution in [0.3, 0.4) is 0 Å². The highest BCUT2D eigenvalue weighted by Gasteiger charge is 2.11. The van der Waals surface area contributed by atoms with Gasteiger partial charge in [0.1, 0.15) is 0 Å². The number of hydrogen-bond donors (Lipinski definition) is 2. The summed E-state index contributed by atoms with van der Waals surface area (Å²) in [6.07, 6.45) is 4.79. The molecule has 0 atom stereocenters. The number of nitrogens with one attached hydrogen (secondary N) is 2. The molecule has 2 N–H and O–H groups in total. The number of pyridine rings is 1. The lowest BCUT2D eigenvalue weighted by atomic mass is 10.1. The van der Waals surface area contributed by atoms with Crippen LogP contribution in [0.25, 0.3) is 0 Å². The number of carbonyl (C=O) groups excluding carboxylic acids is 1. The largest absolute Gasteiger partial charge is 0.383 e. The second-order valence-corrected chi connectivity index (χ2v) is 5.74. The van der Waals surface area contributed by atoms with Gasteiger partial charge < -0.3 is 10.6 Å². The van der Waals surface area contributed by atoms with E-state index in [1.807, 2.05) is 44.8 Å². The molecule has 0 saturated heterocycles. The number of aryl methyl sites for hydroxylation is 3. The molecule has 0 radical (unpaired) electrons. The monoisotopic (exact) mass is 315 g/mol. The highest BCUT2D eigenvalue weighted by Crippen LogP contribution is 2.14. The second-order valence-electron chi connectivity index (χ2n) is 5.74. The normalized spacial score (nSPS) is 10.6. The van der Waals surface area contributed by atoms with Crippen LogP contribution in [0.4, 0.5) is 5.69 Å². The zero-order chi connectivity index (χ0) is 16.8. The van der Waals surface area contributed by atoms with Gasteiger partial charge in [-0.3, -0.25) is 14.5 Å². The summed E-state index contributed by atoms with van der Waals surface area (Å²) in [6.45, 7) is 7.33. The van der Waals surface area contributed by atoms with Crippen molar-refractivity contribution in [2.24, 2.45) is 7.05 Å². The Bertz CT molecular complexity index is 678. The Labute approximate surface area is 137 Å². The Morgan fingerprint density at radius 1 is 1.26 bits per heavy atom. The Kier molecular flexibility index (Phi) is 5.73. The lowest BCUT2D eigenvalue weighted by Crippen LogP contribution is -2.29. The average Bonchev–Trinajstić information content (AvgIpc) is 2.76. The smallest absolute Gasteiger partial charge is 0.220 e. The first-order valence-electron chi connectivity index (χ1n) is 7.89. The van der Waals surface area contributed by atoms with Gasteiger partial charge in [0.05, 0.1) is 5.69 Å². The van der Waals surface area contributed by atoms with Crippen LogP contribution >= 0.6 is 0 Å². The molecule has 0 saturated carbocycles. The molecule has 6 heteroatoms. The molecule has 2 heterocycles. The van der Waals surface area contributed by atoms with Gasteiger partial charge in [-0.05, 0) is 44.4 Å². The molecular weight excluding hydrogens is 290 g/mol. The molecule has 0 unspecified atom stereocenters. The average molecular weight is 315 g/mol. The molecule has 0 aliphatic heterocycles. The van der Waals surface area contributed by atoms with Crippen LogP contribution in [0.2, 0.25) is 0 Å². The molecule has 0 bridgehead atoms. The summed E-state index contributed by atoms with van der Waals surface area (Å²) in [7, 11) is 1.93. The van der Waals surface area contributed by atoms with Crippen molar-refractivity contribution in [1.82, 2.24) is 20.1 Å². The molecule has 0 spiro atoms. The molecule has 23 heavy (non-hydrogen) atoms. The Morgan fingerprint density at radius 3 is 2.70 bits per heavy atom. The number of amides is 1. The standard InChI is InChI=1S/C17H25N5O/c1-12-11-18-8-7-16(12)19-9-10-20-17(23)6-5-15-13(2)21-22(4)14(15)3/h7-8,11H,5-6,9-10H2,1-4H3,(H,18,19)(H,20,23). The van der Waals surface area contributed by atoms with Crippen molar-refractivity contribution in [3.63, 3.8) is 0 Å². The third-order valence-electron chi connectivity index (χ3n) is 4.04. The maximum absolute atomic E-state index is 11.9. The SMILES string of the molecule is Cc1cnccc1NCCNC(=O)CCc1c(C)nn(C)c1C. The third-order valence-corrected chi connectivity index (χ3v) is 4.04. The minimum atomic E-state index is 0.0703. The molecule has 2 aromatic rings. The molecular formula is C17H25N5O. The number of hydrogen-bond acceptors (Lipinski definition) is 4. The number of carbonyl (C=O) groups is 1. The fourth-order valence-electron chi connectivity index (χ4n) is 2.58. The van der Waals surface area contributed by atoms with Gasteiger partial charge in [-0.25, -0.2) is 0 Å². The van der Waals surface area contributed by atoms with Gasteiger partial charge in [-0.2, -0.15) is 5.10 Å². The zero-order valence-electron chi connectivity index (χ0n) is 14.3. The molecule has 0 aliphatic rings. The predicted molar refractivity (Wildman–Crippen MR) is 91.5 cm³/mol. The second kappa shape index (κ2) is 7.76. The molecule has 0 aliphatic carbocycles. The summed E-state index contributed by atoms with van der Waals surface area (Å²) in [6, 6.07) is 1.94. The Balaban J connectivity index is 1.70. The van der Waals surface area contributed by atoms with Crippen LogP contribution in [-0.2, 0) is 18.3 Å². The minimum absolute atomic E-state index is 0.0703. The number of rotatable bonds is 7. The summed E-state index contributed by atoms with van der Waals surface area (Å²) >= 11 is 0. The van der Waals surface area contributed by atoms with Crippen LogP contribution in [0.1, 0.15) is 28.9 Å². The molecule has 0 aromatic carbocycles. The van der Waals surface area contributed by atoms with E-state index in [2.05, 4.69) is 20.7 Å². The van der Waals surface area contributed by atoms with E-state index in [1.54, 1.807) is 6.20 Å². The topological polar surface area (TPSA) is 71.8 Å². The quantitative estimate of drug-likeness (QED) is 0.766. The van der Waals surface area contributed by atoms with Crippen LogP contribution in [0, 0.1) is 20.8 Å². The summed E-state index contributed by atoms with van der Waals surface area (Å²) in [5.74, 6) is 0.0703. The molecule has 0 fully saturated rings. The highest BCUT2D eigenvalue weighted by atomic mass is 16.1. The van der Waals surface area contributed by atoms with E-state index < -0.39 is 0 Å². The van der Waals surface area contributed by atoms with Gasteiger partial charge in [0.15, 0.2) is 0 Å². The Hall–Kier alpha value is -2.37. The van der Waals surface area contributed by atoms with Crippen molar-refractivity contribution in [2.75, 3.05) is 18.4 Å². The van der Waals surface area contributed by atoms with Crippen molar-refractivity contribution >= 4 is 11.6 Å². The van der Waals surface area contributed by atoms with E-state index in [0.29, 0.717) is 19.5 Å². The molecule has 6 nitrogen and oxygen atoms in total. The molecule has 2 aromatic heterocycles. The van der Waals surface area contributed by atoms with Crippen molar-refractivity contribution in [2.45, 2.75) is 33.6 Å². The van der Waals surface area contributed by atoms with Crippen molar-refractivity contribution < 1.29 is 4.79 Å². The van der Waals surface area contributed by atoms with E-state index in [-0.39, 0.29) is 5.91 Å².